The number of rotatable bonds is 5. The van der Waals surface area contributed by atoms with Crippen LogP contribution in [0.5, 0.6) is 0 Å². The fourth-order valence-electron chi connectivity index (χ4n) is 3.21. The van der Waals surface area contributed by atoms with Crippen molar-refractivity contribution in [2.45, 2.75) is 40.3 Å². The van der Waals surface area contributed by atoms with Crippen LogP contribution in [0.2, 0.25) is 0 Å². The smallest absolute Gasteiger partial charge is 0.310 e. The third-order valence-corrected chi connectivity index (χ3v) is 5.22. The van der Waals surface area contributed by atoms with Gasteiger partial charge in [-0.25, -0.2) is 4.68 Å². The van der Waals surface area contributed by atoms with Gasteiger partial charge in [0, 0.05) is 6.54 Å². The van der Waals surface area contributed by atoms with Crippen molar-refractivity contribution in [3.63, 3.8) is 0 Å². The van der Waals surface area contributed by atoms with Crippen molar-refractivity contribution in [2.75, 3.05) is 19.7 Å². The summed E-state index contributed by atoms with van der Waals surface area (Å²) in [5.41, 5.74) is 3.32. The SMILES string of the molecule is CCOC(=O)[C@H]1CCCN(Cn2nnn(-c3ccc(C)c(C)c3)c2=S)C1. The first-order valence-corrected chi connectivity index (χ1v) is 9.40. The molecular formula is C18H25N5O2S. The van der Waals surface area contributed by atoms with Crippen LogP contribution in [0.3, 0.4) is 0 Å². The number of esters is 1. The highest BCUT2D eigenvalue weighted by Gasteiger charge is 2.27. The van der Waals surface area contributed by atoms with Crippen LogP contribution < -0.4 is 0 Å². The van der Waals surface area contributed by atoms with Crippen LogP contribution in [0.15, 0.2) is 18.2 Å². The number of ether oxygens (including phenoxy) is 1. The summed E-state index contributed by atoms with van der Waals surface area (Å²) in [6.07, 6.45) is 1.83. The Balaban J connectivity index is 1.73. The number of piperidine rings is 1. The molecule has 1 saturated heterocycles. The van der Waals surface area contributed by atoms with E-state index in [0.717, 1.165) is 25.1 Å². The summed E-state index contributed by atoms with van der Waals surface area (Å²) >= 11 is 5.56. The van der Waals surface area contributed by atoms with Gasteiger partial charge in [-0.2, -0.15) is 4.68 Å². The highest BCUT2D eigenvalue weighted by molar-refractivity contribution is 7.71. The fraction of sp³-hybridized carbons (Fsp3) is 0.556. The van der Waals surface area contributed by atoms with Crippen LogP contribution in [0.1, 0.15) is 30.9 Å². The normalized spacial score (nSPS) is 18.0. The second-order valence-corrected chi connectivity index (χ2v) is 7.12. The standard InChI is InChI=1S/C18H25N5O2S/c1-4-25-17(24)15-6-5-9-21(11-15)12-22-18(26)23(20-19-22)16-8-7-13(2)14(3)10-16/h7-8,10,15H,4-6,9,11-12H2,1-3H3/t15-/m0/s1. The summed E-state index contributed by atoms with van der Waals surface area (Å²) in [7, 11) is 0. The van der Waals surface area contributed by atoms with Crippen molar-refractivity contribution in [3.8, 4) is 5.69 Å². The van der Waals surface area contributed by atoms with Gasteiger partial charge in [-0.05, 0) is 86.1 Å². The molecule has 26 heavy (non-hydrogen) atoms. The largest absolute Gasteiger partial charge is 0.466 e. The number of likely N-dealkylation sites (tertiary alicyclic amines) is 1. The summed E-state index contributed by atoms with van der Waals surface area (Å²) in [5.74, 6) is -0.188. The zero-order valence-corrected chi connectivity index (χ0v) is 16.3. The lowest BCUT2D eigenvalue weighted by atomic mass is 9.99. The monoisotopic (exact) mass is 375 g/mol. The lowest BCUT2D eigenvalue weighted by Crippen LogP contribution is -2.40. The van der Waals surface area contributed by atoms with Gasteiger partial charge in [-0.1, -0.05) is 6.07 Å². The Morgan fingerprint density at radius 2 is 2.12 bits per heavy atom. The van der Waals surface area contributed by atoms with Crippen LogP contribution in [-0.2, 0) is 16.2 Å². The van der Waals surface area contributed by atoms with Crippen LogP contribution >= 0.6 is 12.2 Å². The molecule has 2 heterocycles. The predicted molar refractivity (Wildman–Crippen MR) is 101 cm³/mol. The Kier molecular flexibility index (Phi) is 5.83. The molecule has 1 aliphatic heterocycles. The van der Waals surface area contributed by atoms with E-state index < -0.39 is 0 Å². The first kappa shape index (κ1) is 18.7. The van der Waals surface area contributed by atoms with E-state index in [1.165, 1.54) is 11.1 Å². The predicted octanol–water partition coefficient (Wildman–Crippen LogP) is 2.65. The minimum atomic E-state index is -0.111. The van der Waals surface area contributed by atoms with Crippen LogP contribution in [0.4, 0.5) is 0 Å². The van der Waals surface area contributed by atoms with Gasteiger partial charge in [0.05, 0.1) is 24.9 Å². The number of nitrogens with zero attached hydrogens (tertiary/aromatic N) is 5. The molecule has 0 bridgehead atoms. The molecule has 1 atom stereocenters. The lowest BCUT2D eigenvalue weighted by molar-refractivity contribution is -0.150. The molecule has 1 aliphatic rings. The maximum absolute atomic E-state index is 12.0. The second kappa shape index (κ2) is 8.09. The van der Waals surface area contributed by atoms with Crippen molar-refractivity contribution < 1.29 is 9.53 Å². The summed E-state index contributed by atoms with van der Waals surface area (Å²) in [4.78, 5) is 14.2. The van der Waals surface area contributed by atoms with Crippen molar-refractivity contribution in [2.24, 2.45) is 5.92 Å². The Morgan fingerprint density at radius 3 is 2.85 bits per heavy atom. The molecule has 0 radical (unpaired) electrons. The molecule has 1 fully saturated rings. The molecule has 0 aliphatic carbocycles. The van der Waals surface area contributed by atoms with Crippen LogP contribution in [0.25, 0.3) is 5.69 Å². The number of benzene rings is 1. The molecule has 0 amide bonds. The molecule has 3 rings (SSSR count). The Bertz CT molecular complexity index is 844. The van der Waals surface area contributed by atoms with E-state index in [9.17, 15) is 4.79 Å². The van der Waals surface area contributed by atoms with Gasteiger partial charge in [0.1, 0.15) is 0 Å². The molecular weight excluding hydrogens is 350 g/mol. The van der Waals surface area contributed by atoms with Crippen LogP contribution in [0, 0.1) is 24.5 Å². The maximum Gasteiger partial charge on any atom is 0.310 e. The van der Waals surface area contributed by atoms with E-state index in [-0.39, 0.29) is 11.9 Å². The Labute approximate surface area is 158 Å². The van der Waals surface area contributed by atoms with Gasteiger partial charge in [0.15, 0.2) is 0 Å². The van der Waals surface area contributed by atoms with Crippen LogP contribution in [-0.4, -0.2) is 50.4 Å². The average molecular weight is 375 g/mol. The molecule has 2 aromatic rings. The van der Waals surface area contributed by atoms with Gasteiger partial charge < -0.3 is 4.74 Å². The quantitative estimate of drug-likeness (QED) is 0.591. The molecule has 140 valence electrons. The Morgan fingerprint density at radius 1 is 1.31 bits per heavy atom. The first-order chi connectivity index (χ1) is 12.5. The minimum Gasteiger partial charge on any atom is -0.466 e. The molecule has 8 heteroatoms. The number of aryl methyl sites for hydroxylation is 2. The molecule has 1 aromatic heterocycles. The lowest BCUT2D eigenvalue weighted by Gasteiger charge is -2.30. The minimum absolute atomic E-state index is 0.0762. The Hall–Kier alpha value is -2.06. The molecule has 0 N–H and O–H groups in total. The molecule has 0 saturated carbocycles. The van der Waals surface area contributed by atoms with E-state index in [4.69, 9.17) is 17.0 Å². The number of aromatic nitrogens is 4. The molecule has 1 aromatic carbocycles. The van der Waals surface area contributed by atoms with Gasteiger partial charge in [0.25, 0.3) is 0 Å². The number of hydrogen-bond acceptors (Lipinski definition) is 6. The number of hydrogen-bond donors (Lipinski definition) is 0. The zero-order chi connectivity index (χ0) is 18.7. The van der Waals surface area contributed by atoms with E-state index in [0.29, 0.717) is 24.6 Å². The zero-order valence-electron chi connectivity index (χ0n) is 15.5. The van der Waals surface area contributed by atoms with Gasteiger partial charge in [0.2, 0.25) is 4.77 Å². The fourth-order valence-corrected chi connectivity index (χ4v) is 3.44. The molecule has 7 nitrogen and oxygen atoms in total. The number of carbonyl (C=O) groups excluding carboxylic acids is 1. The van der Waals surface area contributed by atoms with E-state index >= 15 is 0 Å². The van der Waals surface area contributed by atoms with E-state index in [1.54, 1.807) is 9.36 Å². The third-order valence-electron chi connectivity index (χ3n) is 4.83. The van der Waals surface area contributed by atoms with Crippen molar-refractivity contribution in [3.05, 3.63) is 34.1 Å². The van der Waals surface area contributed by atoms with Gasteiger partial charge >= 0.3 is 5.97 Å². The first-order valence-electron chi connectivity index (χ1n) is 8.99. The van der Waals surface area contributed by atoms with Gasteiger partial charge in [-0.15, -0.1) is 0 Å². The summed E-state index contributed by atoms with van der Waals surface area (Å²) in [6, 6.07) is 6.11. The molecule has 0 spiro atoms. The average Bonchev–Trinajstić information content (AvgIpc) is 2.98. The summed E-state index contributed by atoms with van der Waals surface area (Å²) in [6.45, 7) is 8.50. The molecule has 0 unspecified atom stereocenters. The highest BCUT2D eigenvalue weighted by Crippen LogP contribution is 2.19. The third kappa shape index (κ3) is 4.02. The summed E-state index contributed by atoms with van der Waals surface area (Å²) < 4.78 is 9.09. The van der Waals surface area contributed by atoms with Gasteiger partial charge in [-0.3, -0.25) is 9.69 Å². The highest BCUT2D eigenvalue weighted by atomic mass is 32.1. The maximum atomic E-state index is 12.0. The topological polar surface area (TPSA) is 65.2 Å². The van der Waals surface area contributed by atoms with E-state index in [1.807, 2.05) is 13.0 Å². The van der Waals surface area contributed by atoms with E-state index in [2.05, 4.69) is 41.3 Å². The van der Waals surface area contributed by atoms with Crippen molar-refractivity contribution >= 4 is 18.2 Å². The summed E-state index contributed by atoms with van der Waals surface area (Å²) in [5, 5.41) is 8.43. The van der Waals surface area contributed by atoms with Crippen molar-refractivity contribution in [1.29, 1.82) is 0 Å². The second-order valence-electron chi connectivity index (χ2n) is 6.75. The number of tetrazole rings is 1. The number of carbonyl (C=O) groups is 1. The van der Waals surface area contributed by atoms with Crippen molar-refractivity contribution in [1.82, 2.24) is 24.7 Å².